The molecule has 1 aliphatic rings. The molecule has 0 atom stereocenters. The number of benzene rings is 2. The van der Waals surface area contributed by atoms with Crippen LogP contribution in [0.1, 0.15) is 23.4 Å². The highest BCUT2D eigenvalue weighted by atomic mass is 79.9. The Bertz CT molecular complexity index is 1340. The first-order valence-electron chi connectivity index (χ1n) is 10.6. The highest BCUT2D eigenvalue weighted by molar-refractivity contribution is 9.10. The van der Waals surface area contributed by atoms with Crippen LogP contribution in [0.3, 0.4) is 0 Å². The van der Waals surface area contributed by atoms with Gasteiger partial charge in [-0.25, -0.2) is 9.67 Å². The van der Waals surface area contributed by atoms with Gasteiger partial charge in [0.25, 0.3) is 0 Å². The second-order valence-corrected chi connectivity index (χ2v) is 9.60. The van der Waals surface area contributed by atoms with Gasteiger partial charge in [0.2, 0.25) is 0 Å². The van der Waals surface area contributed by atoms with E-state index in [0.29, 0.717) is 0 Å². The number of pyridine rings is 1. The van der Waals surface area contributed by atoms with Crippen LogP contribution in [0.2, 0.25) is 0 Å². The average molecular weight is 563 g/mol. The lowest BCUT2D eigenvalue weighted by molar-refractivity contribution is 0.759. The third-order valence-electron chi connectivity index (χ3n) is 5.53. The molecule has 0 fully saturated rings. The normalized spacial score (nSPS) is 13.4. The summed E-state index contributed by atoms with van der Waals surface area (Å²) in [7, 11) is 0. The molecule has 164 valence electrons. The van der Waals surface area contributed by atoms with Crippen LogP contribution >= 0.6 is 31.9 Å². The Morgan fingerprint density at radius 3 is 2.36 bits per heavy atom. The Morgan fingerprint density at radius 1 is 0.939 bits per heavy atom. The quantitative estimate of drug-likeness (QED) is 0.260. The number of aliphatic imine (C=N–C) groups is 1. The molecule has 2 aromatic heterocycles. The molecular formula is C26H21Br2N5. The number of aryl methyl sites for hydroxylation is 1. The minimum atomic E-state index is 0.830. The van der Waals surface area contributed by atoms with Crippen LogP contribution in [0.25, 0.3) is 11.5 Å². The van der Waals surface area contributed by atoms with Crippen molar-refractivity contribution in [3.63, 3.8) is 0 Å². The van der Waals surface area contributed by atoms with Crippen molar-refractivity contribution in [3.8, 4) is 5.82 Å². The smallest absolute Gasteiger partial charge is 0.153 e. The third-order valence-corrected chi connectivity index (χ3v) is 6.59. The molecular weight excluding hydrogens is 542 g/mol. The Balaban J connectivity index is 1.61. The Hall–Kier alpha value is -3.03. The number of nitrogens with one attached hydrogen (secondary N) is 1. The van der Waals surface area contributed by atoms with Crippen molar-refractivity contribution >= 4 is 55.1 Å². The maximum Gasteiger partial charge on any atom is 0.153 e. The first kappa shape index (κ1) is 21.8. The van der Waals surface area contributed by atoms with Gasteiger partial charge in [-0.1, -0.05) is 37.9 Å². The number of aromatic nitrogens is 3. The molecule has 5 rings (SSSR count). The molecule has 0 aliphatic heterocycles. The van der Waals surface area contributed by atoms with Crippen LogP contribution in [0.4, 0.5) is 11.4 Å². The number of fused-ring (bicyclic) bond motifs is 1. The Labute approximate surface area is 209 Å². The van der Waals surface area contributed by atoms with Gasteiger partial charge in [0.15, 0.2) is 5.82 Å². The minimum Gasteiger partial charge on any atom is -0.355 e. The van der Waals surface area contributed by atoms with Gasteiger partial charge in [-0.15, -0.1) is 0 Å². The molecule has 2 heterocycles. The fourth-order valence-corrected chi connectivity index (χ4v) is 4.50. The third kappa shape index (κ3) is 4.70. The van der Waals surface area contributed by atoms with Gasteiger partial charge >= 0.3 is 0 Å². The van der Waals surface area contributed by atoms with E-state index in [1.807, 2.05) is 65.5 Å². The predicted molar refractivity (Wildman–Crippen MR) is 141 cm³/mol. The van der Waals surface area contributed by atoms with E-state index < -0.39 is 0 Å². The largest absolute Gasteiger partial charge is 0.355 e. The SMILES string of the molecule is Cc1nn(-c2ccccn2)c2c1C(Nc1ccc(Br)cc1)=C(C=Nc1ccc(Br)cc1)CC2. The van der Waals surface area contributed by atoms with Gasteiger partial charge in [-0.2, -0.15) is 5.10 Å². The number of rotatable bonds is 5. The molecule has 0 saturated carbocycles. The summed E-state index contributed by atoms with van der Waals surface area (Å²) in [5.41, 5.74) is 7.36. The highest BCUT2D eigenvalue weighted by Gasteiger charge is 2.26. The van der Waals surface area contributed by atoms with E-state index in [2.05, 4.69) is 61.2 Å². The first-order chi connectivity index (χ1) is 16.1. The number of nitrogens with zero attached hydrogens (tertiary/aromatic N) is 4. The summed E-state index contributed by atoms with van der Waals surface area (Å²) in [6.07, 6.45) is 5.49. The number of anilines is 1. The Kier molecular flexibility index (Phi) is 6.24. The molecule has 0 saturated heterocycles. The summed E-state index contributed by atoms with van der Waals surface area (Å²) < 4.78 is 4.05. The average Bonchev–Trinajstić information content (AvgIpc) is 3.18. The lowest BCUT2D eigenvalue weighted by atomic mass is 9.92. The molecule has 7 heteroatoms. The molecule has 1 aliphatic carbocycles. The lowest BCUT2D eigenvalue weighted by Crippen LogP contribution is -2.14. The van der Waals surface area contributed by atoms with Gasteiger partial charge in [-0.05, 0) is 86.0 Å². The van der Waals surface area contributed by atoms with Crippen LogP contribution in [0.15, 0.2) is 92.4 Å². The number of hydrogen-bond acceptors (Lipinski definition) is 4. The van der Waals surface area contributed by atoms with Crippen molar-refractivity contribution in [3.05, 3.63) is 104 Å². The lowest BCUT2D eigenvalue weighted by Gasteiger charge is -2.22. The van der Waals surface area contributed by atoms with Gasteiger partial charge in [0.05, 0.1) is 22.8 Å². The van der Waals surface area contributed by atoms with Crippen LogP contribution in [0, 0.1) is 6.92 Å². The predicted octanol–water partition coefficient (Wildman–Crippen LogP) is 7.27. The zero-order valence-electron chi connectivity index (χ0n) is 18.0. The number of hydrogen-bond donors (Lipinski definition) is 1. The van der Waals surface area contributed by atoms with E-state index in [1.165, 1.54) is 0 Å². The summed E-state index contributed by atoms with van der Waals surface area (Å²) in [6, 6.07) is 22.1. The van der Waals surface area contributed by atoms with E-state index in [4.69, 9.17) is 10.1 Å². The first-order valence-corrected chi connectivity index (χ1v) is 12.2. The minimum absolute atomic E-state index is 0.830. The molecule has 0 amide bonds. The standard InChI is InChI=1S/C26H21Br2N5/c1-17-25-23(33(32-17)24-4-2-3-15-29-24)14-5-18(16-30-21-10-6-19(27)7-11-21)26(25)31-22-12-8-20(28)9-13-22/h2-4,6-13,15-16,31H,5,14H2,1H3. The van der Waals surface area contributed by atoms with Gasteiger partial charge in [-0.3, -0.25) is 4.99 Å². The van der Waals surface area contributed by atoms with E-state index in [-0.39, 0.29) is 0 Å². The van der Waals surface area contributed by atoms with Gasteiger partial charge in [0.1, 0.15) is 0 Å². The highest BCUT2D eigenvalue weighted by Crippen LogP contribution is 2.35. The van der Waals surface area contributed by atoms with Crippen molar-refractivity contribution in [1.82, 2.24) is 14.8 Å². The molecule has 5 nitrogen and oxygen atoms in total. The van der Waals surface area contributed by atoms with Crippen molar-refractivity contribution in [2.75, 3.05) is 5.32 Å². The maximum absolute atomic E-state index is 4.85. The van der Waals surface area contributed by atoms with Gasteiger partial charge in [0, 0.05) is 32.6 Å². The Morgan fingerprint density at radius 2 is 1.67 bits per heavy atom. The van der Waals surface area contributed by atoms with Crippen molar-refractivity contribution in [2.24, 2.45) is 4.99 Å². The summed E-state index contributed by atoms with van der Waals surface area (Å²) in [5, 5.41) is 8.51. The molecule has 0 bridgehead atoms. The topological polar surface area (TPSA) is 55.1 Å². The second kappa shape index (κ2) is 9.45. The molecule has 4 aromatic rings. The molecule has 1 N–H and O–H groups in total. The summed E-state index contributed by atoms with van der Waals surface area (Å²) in [4.78, 5) is 9.27. The van der Waals surface area contributed by atoms with Crippen molar-refractivity contribution in [1.29, 1.82) is 0 Å². The van der Waals surface area contributed by atoms with E-state index in [9.17, 15) is 0 Å². The van der Waals surface area contributed by atoms with Crippen LogP contribution in [-0.2, 0) is 6.42 Å². The number of allylic oxidation sites excluding steroid dienone is 1. The zero-order chi connectivity index (χ0) is 22.8. The maximum atomic E-state index is 4.85. The molecule has 0 radical (unpaired) electrons. The summed E-state index contributed by atoms with van der Waals surface area (Å²) in [6.45, 7) is 2.05. The molecule has 33 heavy (non-hydrogen) atoms. The van der Waals surface area contributed by atoms with E-state index >= 15 is 0 Å². The van der Waals surface area contributed by atoms with Gasteiger partial charge < -0.3 is 5.32 Å². The molecule has 0 spiro atoms. The van der Waals surface area contributed by atoms with Crippen LogP contribution in [0.5, 0.6) is 0 Å². The fourth-order valence-electron chi connectivity index (χ4n) is 3.97. The fraction of sp³-hybridized carbons (Fsp3) is 0.115. The van der Waals surface area contributed by atoms with E-state index in [0.717, 1.165) is 67.2 Å². The summed E-state index contributed by atoms with van der Waals surface area (Å²) in [5.74, 6) is 0.830. The van der Waals surface area contributed by atoms with Crippen molar-refractivity contribution < 1.29 is 0 Å². The number of halogens is 2. The zero-order valence-corrected chi connectivity index (χ0v) is 21.1. The molecule has 2 aromatic carbocycles. The molecule has 0 unspecified atom stereocenters. The van der Waals surface area contributed by atoms with E-state index in [1.54, 1.807) is 6.20 Å². The van der Waals surface area contributed by atoms with Crippen LogP contribution in [-0.4, -0.2) is 21.0 Å². The van der Waals surface area contributed by atoms with Crippen molar-refractivity contribution in [2.45, 2.75) is 19.8 Å². The summed E-state index contributed by atoms with van der Waals surface area (Å²) >= 11 is 7.00. The van der Waals surface area contributed by atoms with Crippen LogP contribution < -0.4 is 5.32 Å². The monoisotopic (exact) mass is 561 g/mol. The second-order valence-electron chi connectivity index (χ2n) is 7.77.